The number of anilines is 2. The fourth-order valence-electron chi connectivity index (χ4n) is 2.34. The number of nitrogens with one attached hydrogen (secondary N) is 1. The summed E-state index contributed by atoms with van der Waals surface area (Å²) in [6.07, 6.45) is -9.00. The lowest BCUT2D eigenvalue weighted by Gasteiger charge is -2.11. The SMILES string of the molecule is FC(F)(F)c1ccc(Nc2cc(Cl)nc(-c3cccc(C(F)(F)F)c3)n2)cc1. The second kappa shape index (κ2) is 7.31. The number of benzene rings is 2. The van der Waals surface area contributed by atoms with E-state index in [1.807, 2.05) is 0 Å². The van der Waals surface area contributed by atoms with Crippen LogP contribution in [0, 0.1) is 0 Å². The molecular formula is C18H10ClF6N3. The van der Waals surface area contributed by atoms with Crippen LogP contribution in [-0.4, -0.2) is 9.97 Å². The zero-order valence-electron chi connectivity index (χ0n) is 13.7. The average molecular weight is 418 g/mol. The minimum atomic E-state index is -4.53. The summed E-state index contributed by atoms with van der Waals surface area (Å²) < 4.78 is 76.5. The predicted octanol–water partition coefficient (Wildman–Crippen LogP) is 6.58. The van der Waals surface area contributed by atoms with E-state index in [1.165, 1.54) is 30.3 Å². The van der Waals surface area contributed by atoms with Gasteiger partial charge in [0.1, 0.15) is 11.0 Å². The molecule has 1 heterocycles. The molecule has 0 aliphatic carbocycles. The van der Waals surface area contributed by atoms with Crippen molar-refractivity contribution in [2.24, 2.45) is 0 Å². The molecule has 10 heteroatoms. The first-order valence-corrected chi connectivity index (χ1v) is 8.07. The van der Waals surface area contributed by atoms with E-state index in [0.717, 1.165) is 24.3 Å². The molecule has 3 nitrogen and oxygen atoms in total. The second-order valence-electron chi connectivity index (χ2n) is 5.68. The molecule has 3 aromatic rings. The summed E-state index contributed by atoms with van der Waals surface area (Å²) in [6.45, 7) is 0. The van der Waals surface area contributed by atoms with Crippen molar-refractivity contribution in [3.8, 4) is 11.4 Å². The highest BCUT2D eigenvalue weighted by Crippen LogP contribution is 2.33. The minimum absolute atomic E-state index is 0.0446. The largest absolute Gasteiger partial charge is 0.416 e. The lowest BCUT2D eigenvalue weighted by molar-refractivity contribution is -0.138. The number of rotatable bonds is 3. The molecule has 0 amide bonds. The first-order chi connectivity index (χ1) is 13.0. The van der Waals surface area contributed by atoms with Gasteiger partial charge in [-0.15, -0.1) is 0 Å². The van der Waals surface area contributed by atoms with Crippen molar-refractivity contribution in [3.63, 3.8) is 0 Å². The first kappa shape index (κ1) is 19.9. The maximum atomic E-state index is 12.9. The molecule has 1 N–H and O–H groups in total. The van der Waals surface area contributed by atoms with Crippen LogP contribution in [0.1, 0.15) is 11.1 Å². The Morgan fingerprint density at radius 3 is 2.00 bits per heavy atom. The zero-order valence-corrected chi connectivity index (χ0v) is 14.5. The summed E-state index contributed by atoms with van der Waals surface area (Å²) in [4.78, 5) is 8.01. The van der Waals surface area contributed by atoms with Gasteiger partial charge in [0, 0.05) is 17.3 Å². The molecule has 0 unspecified atom stereocenters. The zero-order chi connectivity index (χ0) is 20.5. The predicted molar refractivity (Wildman–Crippen MR) is 92.2 cm³/mol. The number of hydrogen-bond acceptors (Lipinski definition) is 3. The number of hydrogen-bond donors (Lipinski definition) is 1. The fourth-order valence-corrected chi connectivity index (χ4v) is 2.52. The molecule has 2 aromatic carbocycles. The Morgan fingerprint density at radius 2 is 1.39 bits per heavy atom. The number of nitrogens with zero attached hydrogens (tertiary/aromatic N) is 2. The number of alkyl halides is 6. The van der Waals surface area contributed by atoms with Gasteiger partial charge in [-0.25, -0.2) is 9.97 Å². The summed E-state index contributed by atoms with van der Waals surface area (Å²) in [5, 5.41) is 2.71. The quantitative estimate of drug-likeness (QED) is 0.386. The Morgan fingerprint density at radius 1 is 0.750 bits per heavy atom. The van der Waals surface area contributed by atoms with E-state index >= 15 is 0 Å². The third-order valence-electron chi connectivity index (χ3n) is 3.63. The Balaban J connectivity index is 1.90. The van der Waals surface area contributed by atoms with Crippen molar-refractivity contribution in [3.05, 3.63) is 70.9 Å². The van der Waals surface area contributed by atoms with Crippen molar-refractivity contribution in [1.82, 2.24) is 9.97 Å². The average Bonchev–Trinajstić information content (AvgIpc) is 2.60. The molecule has 0 aliphatic rings. The number of halogens is 7. The lowest BCUT2D eigenvalue weighted by atomic mass is 10.1. The van der Waals surface area contributed by atoms with Crippen molar-refractivity contribution >= 4 is 23.1 Å². The van der Waals surface area contributed by atoms with Crippen molar-refractivity contribution in [2.75, 3.05) is 5.32 Å². The third kappa shape index (κ3) is 4.72. The van der Waals surface area contributed by atoms with Gasteiger partial charge in [0.15, 0.2) is 5.82 Å². The van der Waals surface area contributed by atoms with Gasteiger partial charge in [0.05, 0.1) is 11.1 Å². The van der Waals surface area contributed by atoms with Crippen LogP contribution >= 0.6 is 11.6 Å². The smallest absolute Gasteiger partial charge is 0.340 e. The molecule has 0 fully saturated rings. The van der Waals surface area contributed by atoms with Crippen LogP contribution in [0.2, 0.25) is 5.15 Å². The summed E-state index contributed by atoms with van der Waals surface area (Å²) >= 11 is 5.92. The van der Waals surface area contributed by atoms with E-state index in [1.54, 1.807) is 0 Å². The van der Waals surface area contributed by atoms with E-state index < -0.39 is 23.5 Å². The van der Waals surface area contributed by atoms with Crippen molar-refractivity contribution in [2.45, 2.75) is 12.4 Å². The summed E-state index contributed by atoms with van der Waals surface area (Å²) in [6, 6.07) is 9.87. The van der Waals surface area contributed by atoms with E-state index in [2.05, 4.69) is 15.3 Å². The molecule has 0 radical (unpaired) electrons. The molecule has 28 heavy (non-hydrogen) atoms. The molecular weight excluding hydrogens is 408 g/mol. The second-order valence-corrected chi connectivity index (χ2v) is 6.07. The monoisotopic (exact) mass is 417 g/mol. The molecule has 0 bridgehead atoms. The molecule has 0 saturated heterocycles. The van der Waals surface area contributed by atoms with Crippen molar-refractivity contribution in [1.29, 1.82) is 0 Å². The topological polar surface area (TPSA) is 37.8 Å². The maximum absolute atomic E-state index is 12.9. The number of aromatic nitrogens is 2. The maximum Gasteiger partial charge on any atom is 0.416 e. The standard InChI is InChI=1S/C18H10ClF6N3/c19-14-9-15(26-13-6-4-11(5-7-13)17(20,21)22)28-16(27-14)10-2-1-3-12(8-10)18(23,24)25/h1-9H,(H,26,27,28). The van der Waals surface area contributed by atoms with Crippen LogP contribution in [0.25, 0.3) is 11.4 Å². The molecule has 3 rings (SSSR count). The summed E-state index contributed by atoms with van der Waals surface area (Å²) in [5.41, 5.74) is -1.31. The van der Waals surface area contributed by atoms with Gasteiger partial charge < -0.3 is 5.32 Å². The molecule has 0 spiro atoms. The molecule has 146 valence electrons. The van der Waals surface area contributed by atoms with E-state index in [9.17, 15) is 26.3 Å². The van der Waals surface area contributed by atoms with E-state index in [-0.39, 0.29) is 28.0 Å². The van der Waals surface area contributed by atoms with Gasteiger partial charge in [-0.05, 0) is 36.4 Å². The normalized spacial score (nSPS) is 12.1. The third-order valence-corrected chi connectivity index (χ3v) is 3.82. The molecule has 0 saturated carbocycles. The van der Waals surface area contributed by atoms with Gasteiger partial charge in [-0.1, -0.05) is 23.7 Å². The fraction of sp³-hybridized carbons (Fsp3) is 0.111. The van der Waals surface area contributed by atoms with Gasteiger partial charge >= 0.3 is 12.4 Å². The highest BCUT2D eigenvalue weighted by molar-refractivity contribution is 6.29. The van der Waals surface area contributed by atoms with Gasteiger partial charge in [-0.3, -0.25) is 0 Å². The molecule has 0 aliphatic heterocycles. The lowest BCUT2D eigenvalue weighted by Crippen LogP contribution is -2.05. The first-order valence-electron chi connectivity index (χ1n) is 7.69. The molecule has 0 atom stereocenters. The highest BCUT2D eigenvalue weighted by atomic mass is 35.5. The highest BCUT2D eigenvalue weighted by Gasteiger charge is 2.31. The van der Waals surface area contributed by atoms with Crippen LogP contribution < -0.4 is 5.32 Å². The van der Waals surface area contributed by atoms with Crippen LogP contribution in [-0.2, 0) is 12.4 Å². The summed E-state index contributed by atoms with van der Waals surface area (Å²) in [7, 11) is 0. The van der Waals surface area contributed by atoms with Crippen LogP contribution in [0.3, 0.4) is 0 Å². The minimum Gasteiger partial charge on any atom is -0.340 e. The van der Waals surface area contributed by atoms with Gasteiger partial charge in [0.2, 0.25) is 0 Å². The Bertz CT molecular complexity index is 984. The Labute approximate surface area is 160 Å². The molecule has 1 aromatic heterocycles. The van der Waals surface area contributed by atoms with Gasteiger partial charge in [0.25, 0.3) is 0 Å². The van der Waals surface area contributed by atoms with Crippen LogP contribution in [0.15, 0.2) is 54.6 Å². The van der Waals surface area contributed by atoms with Crippen molar-refractivity contribution < 1.29 is 26.3 Å². The Hall–Kier alpha value is -2.81. The van der Waals surface area contributed by atoms with Crippen LogP contribution in [0.5, 0.6) is 0 Å². The Kier molecular flexibility index (Phi) is 5.20. The van der Waals surface area contributed by atoms with Gasteiger partial charge in [-0.2, -0.15) is 26.3 Å². The summed E-state index contributed by atoms with van der Waals surface area (Å²) in [5.74, 6) is 0.0557. The van der Waals surface area contributed by atoms with Crippen LogP contribution in [0.4, 0.5) is 37.8 Å². The van der Waals surface area contributed by atoms with E-state index in [0.29, 0.717) is 0 Å². The van der Waals surface area contributed by atoms with E-state index in [4.69, 9.17) is 11.6 Å².